The van der Waals surface area contributed by atoms with E-state index in [4.69, 9.17) is 10.8 Å². The third-order valence-electron chi connectivity index (χ3n) is 3.31. The van der Waals surface area contributed by atoms with Crippen LogP contribution in [0.1, 0.15) is 55.5 Å². The number of aromatic nitrogens is 2. The molecule has 0 spiro atoms. The monoisotopic (exact) mass is 235 g/mol. The second-order valence-electron chi connectivity index (χ2n) is 4.53. The van der Waals surface area contributed by atoms with E-state index in [0.717, 1.165) is 5.56 Å². The number of carbonyl (C=O) groups is 1. The zero-order chi connectivity index (χ0) is 12.3. The summed E-state index contributed by atoms with van der Waals surface area (Å²) in [5.41, 5.74) is 6.54. The number of carboxylic acids is 1. The van der Waals surface area contributed by atoms with Crippen LogP contribution < -0.4 is 5.73 Å². The summed E-state index contributed by atoms with van der Waals surface area (Å²) < 4.78 is 0. The Bertz CT molecular complexity index is 385. The number of nitrogens with two attached hydrogens (primary N) is 1. The minimum atomic E-state index is -1.13. The summed E-state index contributed by atoms with van der Waals surface area (Å²) in [7, 11) is 0. The molecule has 0 radical (unpaired) electrons. The summed E-state index contributed by atoms with van der Waals surface area (Å²) >= 11 is 0. The first-order valence-electron chi connectivity index (χ1n) is 5.98. The van der Waals surface area contributed by atoms with Crippen molar-refractivity contribution >= 4 is 5.97 Å². The fraction of sp³-hybridized carbons (Fsp3) is 0.583. The highest BCUT2D eigenvalue weighted by Gasteiger charge is 2.19. The lowest BCUT2D eigenvalue weighted by Crippen LogP contribution is -2.23. The first-order valence-corrected chi connectivity index (χ1v) is 5.98. The van der Waals surface area contributed by atoms with Crippen LogP contribution in [0.4, 0.5) is 0 Å². The van der Waals surface area contributed by atoms with Crippen LogP contribution in [-0.2, 0) is 4.79 Å². The van der Waals surface area contributed by atoms with Crippen molar-refractivity contribution < 1.29 is 9.90 Å². The standard InChI is InChI=1S/C12H17N3O2/c13-10(12(16)17)11-14-6-9(7-15-11)8-4-2-1-3-5-8/h6-8,10H,1-5,13H2,(H,16,17). The van der Waals surface area contributed by atoms with E-state index in [9.17, 15) is 4.79 Å². The van der Waals surface area contributed by atoms with Gasteiger partial charge in [0, 0.05) is 12.4 Å². The first kappa shape index (κ1) is 12.0. The maximum atomic E-state index is 10.7. The molecule has 1 saturated carbocycles. The zero-order valence-corrected chi connectivity index (χ0v) is 9.67. The van der Waals surface area contributed by atoms with Crippen molar-refractivity contribution in [1.29, 1.82) is 0 Å². The van der Waals surface area contributed by atoms with Gasteiger partial charge in [0.25, 0.3) is 0 Å². The Hall–Kier alpha value is -1.49. The predicted molar refractivity (Wildman–Crippen MR) is 62.4 cm³/mol. The van der Waals surface area contributed by atoms with E-state index >= 15 is 0 Å². The van der Waals surface area contributed by atoms with Gasteiger partial charge in [-0.2, -0.15) is 0 Å². The number of hydrogen-bond donors (Lipinski definition) is 2. The SMILES string of the molecule is NC(C(=O)O)c1ncc(C2CCCCC2)cn1. The molecule has 0 aliphatic heterocycles. The van der Waals surface area contributed by atoms with Crippen LogP contribution in [0, 0.1) is 0 Å². The van der Waals surface area contributed by atoms with Crippen LogP contribution in [0.15, 0.2) is 12.4 Å². The molecule has 0 aromatic carbocycles. The van der Waals surface area contributed by atoms with E-state index in [1.165, 1.54) is 32.1 Å². The van der Waals surface area contributed by atoms with E-state index in [1.54, 1.807) is 12.4 Å². The molecule has 0 saturated heterocycles. The van der Waals surface area contributed by atoms with Gasteiger partial charge in [0.1, 0.15) is 0 Å². The molecule has 0 amide bonds. The Kier molecular flexibility index (Phi) is 3.68. The van der Waals surface area contributed by atoms with E-state index in [1.807, 2.05) is 0 Å². The molecular weight excluding hydrogens is 218 g/mol. The summed E-state index contributed by atoms with van der Waals surface area (Å²) in [6, 6.07) is -1.13. The lowest BCUT2D eigenvalue weighted by molar-refractivity contribution is -0.138. The third-order valence-corrected chi connectivity index (χ3v) is 3.31. The van der Waals surface area contributed by atoms with E-state index in [2.05, 4.69) is 9.97 Å². The lowest BCUT2D eigenvalue weighted by atomic mass is 9.85. The van der Waals surface area contributed by atoms with Crippen LogP contribution in [0.3, 0.4) is 0 Å². The molecule has 2 rings (SSSR count). The van der Waals surface area contributed by atoms with Crippen LogP contribution in [0.25, 0.3) is 0 Å². The molecule has 1 aliphatic carbocycles. The Morgan fingerprint density at radius 3 is 2.41 bits per heavy atom. The predicted octanol–water partition coefficient (Wildman–Crippen LogP) is 1.61. The van der Waals surface area contributed by atoms with Crippen LogP contribution >= 0.6 is 0 Å². The fourth-order valence-electron chi connectivity index (χ4n) is 2.27. The lowest BCUT2D eigenvalue weighted by Gasteiger charge is -2.21. The molecule has 1 heterocycles. The van der Waals surface area contributed by atoms with Gasteiger partial charge in [0.15, 0.2) is 11.9 Å². The minimum absolute atomic E-state index is 0.178. The normalized spacial score (nSPS) is 18.9. The summed E-state index contributed by atoms with van der Waals surface area (Å²) in [4.78, 5) is 18.8. The fourth-order valence-corrected chi connectivity index (χ4v) is 2.27. The molecule has 1 fully saturated rings. The van der Waals surface area contributed by atoms with Gasteiger partial charge in [0.2, 0.25) is 0 Å². The number of aliphatic carboxylic acids is 1. The molecule has 3 N–H and O–H groups in total. The molecule has 0 bridgehead atoms. The van der Waals surface area contributed by atoms with E-state index in [-0.39, 0.29) is 5.82 Å². The average molecular weight is 235 g/mol. The smallest absolute Gasteiger partial charge is 0.328 e. The van der Waals surface area contributed by atoms with Crippen molar-refractivity contribution in [2.45, 2.75) is 44.1 Å². The summed E-state index contributed by atoms with van der Waals surface area (Å²) in [5.74, 6) is -0.397. The first-order chi connectivity index (χ1) is 8.18. The number of carboxylic acid groups (broad SMARTS) is 1. The van der Waals surface area contributed by atoms with Gasteiger partial charge in [0.05, 0.1) is 0 Å². The van der Waals surface area contributed by atoms with Gasteiger partial charge in [-0.3, -0.25) is 4.79 Å². The molecule has 5 heteroatoms. The van der Waals surface area contributed by atoms with Gasteiger partial charge in [-0.05, 0) is 24.3 Å². The maximum absolute atomic E-state index is 10.7. The number of hydrogen-bond acceptors (Lipinski definition) is 4. The van der Waals surface area contributed by atoms with Gasteiger partial charge >= 0.3 is 5.97 Å². The van der Waals surface area contributed by atoms with Gasteiger partial charge < -0.3 is 10.8 Å². The van der Waals surface area contributed by atoms with Gasteiger partial charge in [-0.15, -0.1) is 0 Å². The molecule has 1 unspecified atom stereocenters. The van der Waals surface area contributed by atoms with Crippen molar-refractivity contribution in [2.75, 3.05) is 0 Å². The van der Waals surface area contributed by atoms with Crippen molar-refractivity contribution in [3.8, 4) is 0 Å². The summed E-state index contributed by atoms with van der Waals surface area (Å²) in [6.45, 7) is 0. The third kappa shape index (κ3) is 2.79. The van der Waals surface area contributed by atoms with Crippen molar-refractivity contribution in [3.63, 3.8) is 0 Å². The molecule has 1 aliphatic rings. The minimum Gasteiger partial charge on any atom is -0.480 e. The molecular formula is C12H17N3O2. The highest BCUT2D eigenvalue weighted by molar-refractivity contribution is 5.73. The zero-order valence-electron chi connectivity index (χ0n) is 9.67. The molecule has 1 aromatic rings. The number of rotatable bonds is 3. The second-order valence-corrected chi connectivity index (χ2v) is 4.53. The van der Waals surface area contributed by atoms with Crippen molar-refractivity contribution in [3.05, 3.63) is 23.8 Å². The van der Waals surface area contributed by atoms with Crippen LogP contribution in [0.5, 0.6) is 0 Å². The largest absolute Gasteiger partial charge is 0.480 e. The van der Waals surface area contributed by atoms with Gasteiger partial charge in [-0.1, -0.05) is 19.3 Å². The van der Waals surface area contributed by atoms with Crippen LogP contribution in [-0.4, -0.2) is 21.0 Å². The molecule has 1 aromatic heterocycles. The Balaban J connectivity index is 2.09. The Morgan fingerprint density at radius 2 is 1.88 bits per heavy atom. The average Bonchev–Trinajstić information content (AvgIpc) is 2.39. The summed E-state index contributed by atoms with van der Waals surface area (Å²) in [5, 5.41) is 8.75. The van der Waals surface area contributed by atoms with Crippen molar-refractivity contribution in [2.24, 2.45) is 5.73 Å². The molecule has 92 valence electrons. The van der Waals surface area contributed by atoms with Crippen molar-refractivity contribution in [1.82, 2.24) is 9.97 Å². The van der Waals surface area contributed by atoms with Gasteiger partial charge in [-0.25, -0.2) is 9.97 Å². The maximum Gasteiger partial charge on any atom is 0.328 e. The highest BCUT2D eigenvalue weighted by Crippen LogP contribution is 2.31. The Labute approximate surface area is 100 Å². The van der Waals surface area contributed by atoms with Crippen LogP contribution in [0.2, 0.25) is 0 Å². The second kappa shape index (κ2) is 5.23. The topological polar surface area (TPSA) is 89.1 Å². The highest BCUT2D eigenvalue weighted by atomic mass is 16.4. The molecule has 17 heavy (non-hydrogen) atoms. The Morgan fingerprint density at radius 1 is 1.29 bits per heavy atom. The summed E-state index contributed by atoms with van der Waals surface area (Å²) in [6.07, 6.45) is 9.60. The number of nitrogens with zero attached hydrogens (tertiary/aromatic N) is 2. The molecule has 1 atom stereocenters. The molecule has 5 nitrogen and oxygen atoms in total. The van der Waals surface area contributed by atoms with E-state index in [0.29, 0.717) is 5.92 Å². The van der Waals surface area contributed by atoms with E-state index < -0.39 is 12.0 Å². The quantitative estimate of drug-likeness (QED) is 0.830.